The number of anilines is 1. The molecule has 2 N–H and O–H groups in total. The van der Waals surface area contributed by atoms with Gasteiger partial charge in [-0.05, 0) is 31.0 Å². The summed E-state index contributed by atoms with van der Waals surface area (Å²) in [6.07, 6.45) is 8.74. The fourth-order valence-corrected chi connectivity index (χ4v) is 2.71. The van der Waals surface area contributed by atoms with Gasteiger partial charge in [-0.15, -0.1) is 0 Å². The van der Waals surface area contributed by atoms with E-state index in [0.29, 0.717) is 29.7 Å². The van der Waals surface area contributed by atoms with Crippen LogP contribution in [-0.4, -0.2) is 11.6 Å². The summed E-state index contributed by atoms with van der Waals surface area (Å²) in [4.78, 5) is 24.3. The summed E-state index contributed by atoms with van der Waals surface area (Å²) >= 11 is 0. The van der Waals surface area contributed by atoms with Crippen molar-refractivity contribution < 1.29 is 9.59 Å². The number of Topliss-reactive ketones (excluding diaryl/α,β-unsaturated/α-hetero) is 2. The molecule has 2 bridgehead atoms. The minimum absolute atomic E-state index is 0.0641. The van der Waals surface area contributed by atoms with Crippen LogP contribution in [0.15, 0.2) is 18.2 Å². The fraction of sp³-hybridized carbons (Fsp3) is 0.529. The molecule has 0 atom stereocenters. The van der Waals surface area contributed by atoms with Crippen molar-refractivity contribution in [2.45, 2.75) is 57.8 Å². The van der Waals surface area contributed by atoms with Crippen LogP contribution < -0.4 is 5.73 Å². The highest BCUT2D eigenvalue weighted by Crippen LogP contribution is 2.20. The van der Waals surface area contributed by atoms with E-state index < -0.39 is 0 Å². The number of benzene rings is 1. The topological polar surface area (TPSA) is 60.2 Å². The van der Waals surface area contributed by atoms with Crippen LogP contribution in [0.5, 0.6) is 0 Å². The Morgan fingerprint density at radius 3 is 1.95 bits per heavy atom. The van der Waals surface area contributed by atoms with E-state index in [4.69, 9.17) is 5.73 Å². The van der Waals surface area contributed by atoms with Crippen molar-refractivity contribution in [3.8, 4) is 0 Å². The quantitative estimate of drug-likeness (QED) is 0.722. The van der Waals surface area contributed by atoms with Crippen LogP contribution in [0.3, 0.4) is 0 Å². The summed E-state index contributed by atoms with van der Waals surface area (Å²) in [5.41, 5.74) is 7.50. The van der Waals surface area contributed by atoms with E-state index in [1.807, 2.05) is 0 Å². The molecule has 108 valence electrons. The molecule has 1 aromatic carbocycles. The Morgan fingerprint density at radius 2 is 1.30 bits per heavy atom. The van der Waals surface area contributed by atoms with Crippen molar-refractivity contribution in [2.75, 3.05) is 5.73 Å². The summed E-state index contributed by atoms with van der Waals surface area (Å²) in [5, 5.41) is 0. The maximum atomic E-state index is 12.2. The SMILES string of the molecule is Nc1ccc2cc1C(=O)CCCCCCCCCC2=O. The average Bonchev–Trinajstić information content (AvgIpc) is 2.44. The Hall–Kier alpha value is -1.64. The highest BCUT2D eigenvalue weighted by atomic mass is 16.1. The maximum absolute atomic E-state index is 12.2. The number of nitrogen functional groups attached to an aromatic ring is 1. The minimum Gasteiger partial charge on any atom is -0.398 e. The molecule has 0 aromatic heterocycles. The summed E-state index contributed by atoms with van der Waals surface area (Å²) in [6.45, 7) is 0. The Bertz CT molecular complexity index is 494. The van der Waals surface area contributed by atoms with Crippen LogP contribution in [0, 0.1) is 0 Å². The van der Waals surface area contributed by atoms with E-state index in [9.17, 15) is 9.59 Å². The second kappa shape index (κ2) is 7.22. The Morgan fingerprint density at radius 1 is 0.750 bits per heavy atom. The van der Waals surface area contributed by atoms with Crippen LogP contribution in [0.4, 0.5) is 5.69 Å². The molecule has 2 rings (SSSR count). The number of fused-ring (bicyclic) bond motifs is 2. The predicted molar refractivity (Wildman–Crippen MR) is 81.1 cm³/mol. The Labute approximate surface area is 120 Å². The van der Waals surface area contributed by atoms with Gasteiger partial charge in [0.2, 0.25) is 0 Å². The van der Waals surface area contributed by atoms with Gasteiger partial charge in [-0.3, -0.25) is 9.59 Å². The summed E-state index contributed by atoms with van der Waals surface area (Å²) in [7, 11) is 0. The molecule has 0 unspecified atom stereocenters. The van der Waals surface area contributed by atoms with Crippen molar-refractivity contribution in [1.82, 2.24) is 0 Å². The maximum Gasteiger partial charge on any atom is 0.164 e. The summed E-state index contributed by atoms with van der Waals surface area (Å²) in [6, 6.07) is 5.11. The van der Waals surface area contributed by atoms with Gasteiger partial charge in [0.05, 0.1) is 0 Å². The average molecular weight is 273 g/mol. The second-order valence-corrected chi connectivity index (χ2v) is 5.62. The smallest absolute Gasteiger partial charge is 0.164 e. The van der Waals surface area contributed by atoms with Gasteiger partial charge >= 0.3 is 0 Å². The first-order valence-corrected chi connectivity index (χ1v) is 7.64. The number of carbonyl (C=O) groups excluding carboxylic acids is 2. The van der Waals surface area contributed by atoms with Gasteiger partial charge in [-0.25, -0.2) is 0 Å². The lowest BCUT2D eigenvalue weighted by molar-refractivity contribution is 0.0979. The lowest BCUT2D eigenvalue weighted by atomic mass is 9.96. The predicted octanol–water partition coefficient (Wildman–Crippen LogP) is 4.16. The lowest BCUT2D eigenvalue weighted by Gasteiger charge is -2.09. The first-order chi connectivity index (χ1) is 9.68. The molecular formula is C17H23NO2. The normalized spacial score (nSPS) is 18.6. The van der Waals surface area contributed by atoms with E-state index in [2.05, 4.69) is 0 Å². The minimum atomic E-state index is 0.0641. The molecule has 0 radical (unpaired) electrons. The van der Waals surface area contributed by atoms with Crippen LogP contribution in [0.2, 0.25) is 0 Å². The van der Waals surface area contributed by atoms with Crippen LogP contribution in [0.1, 0.15) is 78.5 Å². The van der Waals surface area contributed by atoms with Crippen molar-refractivity contribution in [1.29, 1.82) is 0 Å². The van der Waals surface area contributed by atoms with Gasteiger partial charge in [0.15, 0.2) is 11.6 Å². The van der Waals surface area contributed by atoms with E-state index in [1.54, 1.807) is 18.2 Å². The molecule has 20 heavy (non-hydrogen) atoms. The first kappa shape index (κ1) is 14.8. The number of nitrogens with two attached hydrogens (primary N) is 1. The number of ketones is 2. The Kier molecular flexibility index (Phi) is 5.33. The molecule has 0 heterocycles. The zero-order valence-corrected chi connectivity index (χ0v) is 12.0. The van der Waals surface area contributed by atoms with Crippen LogP contribution >= 0.6 is 0 Å². The highest BCUT2D eigenvalue weighted by molar-refractivity contribution is 6.04. The first-order valence-electron chi connectivity index (χ1n) is 7.64. The standard InChI is InChI=1S/C17H23NO2/c18-15-11-10-13-12-14(15)17(20)9-7-5-3-1-2-4-6-8-16(13)19/h10-12H,1-9,18H2. The van der Waals surface area contributed by atoms with Crippen molar-refractivity contribution in [3.63, 3.8) is 0 Å². The zero-order chi connectivity index (χ0) is 14.4. The third kappa shape index (κ3) is 3.92. The number of hydrogen-bond acceptors (Lipinski definition) is 3. The molecule has 3 nitrogen and oxygen atoms in total. The molecule has 0 amide bonds. The van der Waals surface area contributed by atoms with Gasteiger partial charge in [0.1, 0.15) is 0 Å². The van der Waals surface area contributed by atoms with Gasteiger partial charge in [-0.2, -0.15) is 0 Å². The molecule has 1 aromatic rings. The van der Waals surface area contributed by atoms with Gasteiger partial charge in [0, 0.05) is 29.7 Å². The number of rotatable bonds is 0. The highest BCUT2D eigenvalue weighted by Gasteiger charge is 2.14. The molecule has 0 saturated heterocycles. The largest absolute Gasteiger partial charge is 0.398 e. The molecule has 3 heteroatoms. The van der Waals surface area contributed by atoms with Crippen LogP contribution in [0.25, 0.3) is 0 Å². The van der Waals surface area contributed by atoms with Crippen molar-refractivity contribution >= 4 is 17.3 Å². The van der Waals surface area contributed by atoms with Crippen molar-refractivity contribution in [2.24, 2.45) is 0 Å². The van der Waals surface area contributed by atoms with E-state index >= 15 is 0 Å². The Balaban J connectivity index is 2.20. The molecular weight excluding hydrogens is 250 g/mol. The fourth-order valence-electron chi connectivity index (χ4n) is 2.71. The van der Waals surface area contributed by atoms with E-state index in [1.165, 1.54) is 19.3 Å². The third-order valence-corrected chi connectivity index (χ3v) is 3.98. The van der Waals surface area contributed by atoms with Crippen LogP contribution in [-0.2, 0) is 0 Å². The zero-order valence-electron chi connectivity index (χ0n) is 12.0. The second-order valence-electron chi connectivity index (χ2n) is 5.62. The molecule has 1 aliphatic carbocycles. The lowest BCUT2D eigenvalue weighted by Crippen LogP contribution is -2.07. The molecule has 0 aliphatic heterocycles. The van der Waals surface area contributed by atoms with Crippen molar-refractivity contribution in [3.05, 3.63) is 29.3 Å². The van der Waals surface area contributed by atoms with Gasteiger partial charge in [-0.1, -0.05) is 32.1 Å². The van der Waals surface area contributed by atoms with Gasteiger partial charge in [0.25, 0.3) is 0 Å². The summed E-state index contributed by atoms with van der Waals surface area (Å²) < 4.78 is 0. The molecule has 0 spiro atoms. The number of carbonyl (C=O) groups is 2. The third-order valence-electron chi connectivity index (χ3n) is 3.98. The summed E-state index contributed by atoms with van der Waals surface area (Å²) in [5.74, 6) is 0.185. The number of hydrogen-bond donors (Lipinski definition) is 1. The molecule has 0 saturated carbocycles. The van der Waals surface area contributed by atoms with Gasteiger partial charge < -0.3 is 5.73 Å². The monoisotopic (exact) mass is 273 g/mol. The molecule has 1 aliphatic rings. The van der Waals surface area contributed by atoms with E-state index in [-0.39, 0.29) is 11.6 Å². The molecule has 0 fully saturated rings. The van der Waals surface area contributed by atoms with E-state index in [0.717, 1.165) is 25.7 Å².